The number of aryl methyl sites for hydroxylation is 1. The number of benzene rings is 1. The number of aromatic nitrogens is 1. The van der Waals surface area contributed by atoms with Crippen LogP contribution in [0.15, 0.2) is 36.5 Å². The van der Waals surface area contributed by atoms with Gasteiger partial charge in [0.2, 0.25) is 0 Å². The fraction of sp³-hybridized carbons (Fsp3) is 0.188. The van der Waals surface area contributed by atoms with E-state index in [1.54, 1.807) is 6.92 Å². The Morgan fingerprint density at radius 2 is 1.55 bits per heavy atom. The molecule has 0 aliphatic rings. The second-order valence-electron chi connectivity index (χ2n) is 4.70. The molecule has 0 aliphatic carbocycles. The Hall–Kier alpha value is 0.753. The van der Waals surface area contributed by atoms with Crippen LogP contribution >= 0.6 is 24.8 Å². The van der Waals surface area contributed by atoms with Crippen molar-refractivity contribution in [1.29, 1.82) is 0 Å². The summed E-state index contributed by atoms with van der Waals surface area (Å²) in [6, 6.07) is 6.37. The molecule has 0 unspecified atom stereocenters. The molecule has 2 rings (SSSR count). The summed E-state index contributed by atoms with van der Waals surface area (Å²) in [6.45, 7) is 1.57. The molecule has 0 atom stereocenters. The van der Waals surface area contributed by atoms with E-state index in [0.29, 0.717) is 22.4 Å². The minimum Gasteiger partial charge on any atom is -0.652 e. The number of esters is 1. The van der Waals surface area contributed by atoms with Crippen molar-refractivity contribution < 1.29 is 140 Å². The minimum atomic E-state index is -4.38. The number of carboxylic acid groups (broad SMARTS) is 2. The van der Waals surface area contributed by atoms with Crippen molar-refractivity contribution in [2.24, 2.45) is 0 Å². The van der Waals surface area contributed by atoms with Gasteiger partial charge in [0.25, 0.3) is 0 Å². The van der Waals surface area contributed by atoms with Gasteiger partial charge in [0.1, 0.15) is 0 Å². The summed E-state index contributed by atoms with van der Waals surface area (Å²) in [7, 11) is 1.26. The van der Waals surface area contributed by atoms with Crippen molar-refractivity contribution in [3.8, 4) is 11.3 Å². The Bertz CT molecular complexity index is 791. The van der Waals surface area contributed by atoms with E-state index in [0.717, 1.165) is 12.1 Å². The summed E-state index contributed by atoms with van der Waals surface area (Å²) in [5, 5.41) is 16.7. The largest absolute Gasteiger partial charge is 1.00 e. The molecule has 13 heteroatoms. The molecular weight excluding hydrogens is 492 g/mol. The van der Waals surface area contributed by atoms with Gasteiger partial charge in [-0.25, -0.2) is 4.79 Å². The van der Waals surface area contributed by atoms with Crippen LogP contribution in [0.5, 0.6) is 0 Å². The first-order chi connectivity index (χ1) is 11.6. The molecule has 0 amide bonds. The number of methoxy groups -OCH3 is 1. The number of hydrogen-bond acceptors (Lipinski definition) is 6. The summed E-state index contributed by atoms with van der Waals surface area (Å²) in [5.41, 5.74) is 0.965. The molecule has 2 aromatic rings. The number of ether oxygens (including phenoxy) is 1. The van der Waals surface area contributed by atoms with Crippen LogP contribution in [0.1, 0.15) is 21.5 Å². The average Bonchev–Trinajstić information content (AvgIpc) is 2.52. The molecule has 0 radical (unpaired) electrons. The summed E-state index contributed by atoms with van der Waals surface area (Å²) in [6.07, 6.45) is -5.30. The number of pyridine rings is 1. The Kier molecular flexibility index (Phi) is 22.2. The maximum absolute atomic E-state index is 12.6. The number of halogens is 5. The maximum Gasteiger partial charge on any atom is 1.00 e. The van der Waals surface area contributed by atoms with Gasteiger partial charge in [-0.3, -0.25) is 4.98 Å². The standard InChI is InChI=1S/C15H12F3NO2.CH2O3.2ClH.2K/c1-9-7-11(15(16,17)18)3-4-12(9)13-8-10(5-6-19-13)14(20)21-2;2-1(3)4;;;;/h3-8H,1-2H3;(H2,2,3,4);2*1H;;/q;;;;2*+1/p-2. The van der Waals surface area contributed by atoms with E-state index in [4.69, 9.17) is 15.0 Å². The third kappa shape index (κ3) is 13.0. The molecule has 0 fully saturated rings. The van der Waals surface area contributed by atoms with E-state index >= 15 is 0 Å². The number of carbonyl (C=O) groups is 2. The van der Waals surface area contributed by atoms with Gasteiger partial charge in [0.15, 0.2) is 0 Å². The second-order valence-corrected chi connectivity index (χ2v) is 4.70. The molecule has 0 N–H and O–H groups in total. The number of nitrogens with zero attached hydrogens (tertiary/aromatic N) is 1. The summed E-state index contributed by atoms with van der Waals surface area (Å²) < 4.78 is 42.5. The number of rotatable bonds is 2. The molecule has 6 nitrogen and oxygen atoms in total. The van der Waals surface area contributed by atoms with Crippen LogP contribution in [0, 0.1) is 6.92 Å². The van der Waals surface area contributed by atoms with Gasteiger partial charge in [-0.2, -0.15) is 13.2 Å². The predicted octanol–water partition coefficient (Wildman–Crippen LogP) is -3.73. The molecule has 0 saturated carbocycles. The fourth-order valence-corrected chi connectivity index (χ4v) is 1.95. The molecule has 1 aromatic carbocycles. The molecule has 1 aromatic heterocycles. The van der Waals surface area contributed by atoms with Crippen LogP contribution in [0.3, 0.4) is 0 Å². The van der Waals surface area contributed by atoms with E-state index in [2.05, 4.69) is 9.72 Å². The van der Waals surface area contributed by atoms with Crippen molar-refractivity contribution in [1.82, 2.24) is 4.98 Å². The van der Waals surface area contributed by atoms with Crippen LogP contribution in [0.4, 0.5) is 18.0 Å². The molecule has 0 bridgehead atoms. The molecule has 0 saturated heterocycles. The minimum absolute atomic E-state index is 0. The van der Waals surface area contributed by atoms with Gasteiger partial charge >= 0.3 is 115 Å². The second kappa shape index (κ2) is 17.3. The average molecular weight is 506 g/mol. The zero-order valence-electron chi connectivity index (χ0n) is 15.9. The Morgan fingerprint density at radius 1 is 1.03 bits per heavy atom. The molecule has 0 aliphatic heterocycles. The molecule has 0 spiro atoms. The van der Waals surface area contributed by atoms with Gasteiger partial charge in [0, 0.05) is 11.8 Å². The third-order valence-corrected chi connectivity index (χ3v) is 3.01. The number of carbonyl (C=O) groups excluding carboxylic acids is 2. The SMILES string of the molecule is COC(=O)c1ccnc(-c2ccc(C(F)(F)F)cc2C)c1.Cl.Cl.O=C([O-])[O-].[K+].[K+]. The van der Waals surface area contributed by atoms with Crippen molar-refractivity contribution >= 4 is 36.9 Å². The Labute approximate surface area is 262 Å². The van der Waals surface area contributed by atoms with Crippen molar-refractivity contribution in [2.45, 2.75) is 13.1 Å². The summed E-state index contributed by atoms with van der Waals surface area (Å²) in [5.74, 6) is -0.525. The van der Waals surface area contributed by atoms with Gasteiger partial charge in [0.05, 0.1) is 23.9 Å². The van der Waals surface area contributed by atoms with E-state index in [1.165, 1.54) is 31.5 Å². The van der Waals surface area contributed by atoms with Crippen LogP contribution in [0.2, 0.25) is 0 Å². The maximum atomic E-state index is 12.6. The molecular formula is C16H14Cl2F3K2NO5. The third-order valence-electron chi connectivity index (χ3n) is 3.01. The molecule has 1 heterocycles. The van der Waals surface area contributed by atoms with Gasteiger partial charge in [-0.05, 0) is 42.9 Å². The van der Waals surface area contributed by atoms with Crippen molar-refractivity contribution in [3.05, 3.63) is 53.2 Å². The van der Waals surface area contributed by atoms with Crippen LogP contribution < -0.4 is 113 Å². The zero-order chi connectivity index (χ0) is 19.2. The topological polar surface area (TPSA) is 102 Å². The van der Waals surface area contributed by atoms with Crippen LogP contribution in [-0.4, -0.2) is 24.2 Å². The Balaban J connectivity index is -0.000000359. The molecule has 150 valence electrons. The van der Waals surface area contributed by atoms with Gasteiger partial charge in [-0.15, -0.1) is 24.8 Å². The van der Waals surface area contributed by atoms with E-state index in [-0.39, 0.29) is 128 Å². The first-order valence-corrected chi connectivity index (χ1v) is 6.67. The van der Waals surface area contributed by atoms with Gasteiger partial charge in [-0.1, -0.05) is 6.07 Å². The van der Waals surface area contributed by atoms with Crippen LogP contribution in [0.25, 0.3) is 11.3 Å². The monoisotopic (exact) mass is 505 g/mol. The normalized spacial score (nSPS) is 9.00. The smallest absolute Gasteiger partial charge is 0.652 e. The first kappa shape index (κ1) is 37.1. The number of alkyl halides is 3. The summed E-state index contributed by atoms with van der Waals surface area (Å²) in [4.78, 5) is 23.9. The van der Waals surface area contributed by atoms with Crippen molar-refractivity contribution in [2.75, 3.05) is 7.11 Å². The van der Waals surface area contributed by atoms with Crippen LogP contribution in [-0.2, 0) is 10.9 Å². The Morgan fingerprint density at radius 3 is 1.97 bits per heavy atom. The van der Waals surface area contributed by atoms with E-state index in [1.807, 2.05) is 0 Å². The summed E-state index contributed by atoms with van der Waals surface area (Å²) >= 11 is 0. The predicted molar refractivity (Wildman–Crippen MR) is 90.6 cm³/mol. The van der Waals surface area contributed by atoms with E-state index in [9.17, 15) is 18.0 Å². The van der Waals surface area contributed by atoms with Gasteiger partial charge < -0.3 is 19.7 Å². The van der Waals surface area contributed by atoms with E-state index < -0.39 is 23.9 Å². The van der Waals surface area contributed by atoms with Crippen molar-refractivity contribution in [3.63, 3.8) is 0 Å². The quantitative estimate of drug-likeness (QED) is 0.307. The number of hydrogen-bond donors (Lipinski definition) is 0. The fourth-order valence-electron chi connectivity index (χ4n) is 1.95. The first-order valence-electron chi connectivity index (χ1n) is 6.67. The zero-order valence-corrected chi connectivity index (χ0v) is 23.8. The molecule has 29 heavy (non-hydrogen) atoms.